The van der Waals surface area contributed by atoms with E-state index in [1.165, 1.54) is 5.56 Å². The highest BCUT2D eigenvalue weighted by atomic mass is 32.2. The molecule has 184 valence electrons. The number of benzene rings is 2. The zero-order valence-corrected chi connectivity index (χ0v) is 20.9. The van der Waals surface area contributed by atoms with Crippen LogP contribution in [0.25, 0.3) is 0 Å². The van der Waals surface area contributed by atoms with E-state index in [1.54, 1.807) is 0 Å². The van der Waals surface area contributed by atoms with Crippen LogP contribution < -0.4 is 4.74 Å². The maximum Gasteiger partial charge on any atom is 0.244 e. The average molecular weight is 485 g/mol. The Morgan fingerprint density at radius 2 is 1.62 bits per heavy atom. The van der Waals surface area contributed by atoms with Crippen molar-refractivity contribution in [2.24, 2.45) is 5.92 Å². The van der Waals surface area contributed by atoms with Crippen molar-refractivity contribution in [3.63, 3.8) is 0 Å². The summed E-state index contributed by atoms with van der Waals surface area (Å²) in [5.74, 6) is 1.88. The summed E-state index contributed by atoms with van der Waals surface area (Å²) >= 11 is 0. The summed E-state index contributed by atoms with van der Waals surface area (Å²) in [6.07, 6.45) is 4.19. The van der Waals surface area contributed by atoms with Gasteiger partial charge in [0.05, 0.1) is 18.1 Å². The van der Waals surface area contributed by atoms with Crippen molar-refractivity contribution in [2.75, 3.05) is 44.3 Å². The smallest absolute Gasteiger partial charge is 0.244 e. The van der Waals surface area contributed by atoms with Gasteiger partial charge in [-0.15, -0.1) is 0 Å². The highest BCUT2D eigenvalue weighted by Gasteiger charge is 2.36. The van der Waals surface area contributed by atoms with Crippen LogP contribution in [0.2, 0.25) is 0 Å². The van der Waals surface area contributed by atoms with E-state index in [2.05, 4.69) is 17.0 Å². The molecule has 0 aliphatic carbocycles. The van der Waals surface area contributed by atoms with Crippen LogP contribution in [0, 0.1) is 5.92 Å². The van der Waals surface area contributed by atoms with Crippen LogP contribution in [0.15, 0.2) is 54.6 Å². The van der Waals surface area contributed by atoms with Crippen molar-refractivity contribution in [1.29, 1.82) is 0 Å². The lowest BCUT2D eigenvalue weighted by atomic mass is 9.90. The highest BCUT2D eigenvalue weighted by Crippen LogP contribution is 2.29. The van der Waals surface area contributed by atoms with Crippen LogP contribution in [0.3, 0.4) is 0 Å². The van der Waals surface area contributed by atoms with E-state index in [1.807, 2.05) is 54.3 Å². The Hall–Kier alpha value is -2.38. The second kappa shape index (κ2) is 11.4. The molecule has 6 nitrogen and oxygen atoms in total. The van der Waals surface area contributed by atoms with E-state index in [0.717, 1.165) is 50.1 Å². The molecule has 2 fully saturated rings. The molecule has 1 unspecified atom stereocenters. The highest BCUT2D eigenvalue weighted by molar-refractivity contribution is 7.91. The number of rotatable bonds is 8. The minimum atomic E-state index is -3.00. The summed E-state index contributed by atoms with van der Waals surface area (Å²) < 4.78 is 29.4. The van der Waals surface area contributed by atoms with Crippen molar-refractivity contribution < 1.29 is 17.9 Å². The lowest BCUT2D eigenvalue weighted by molar-refractivity contribution is -0.138. The number of carbonyl (C=O) groups excluding carboxylic acids is 1. The largest absolute Gasteiger partial charge is 0.494 e. The first-order valence-electron chi connectivity index (χ1n) is 12.4. The Labute approximate surface area is 203 Å². The molecule has 2 saturated heterocycles. The second-order valence-corrected chi connectivity index (χ2v) is 11.7. The van der Waals surface area contributed by atoms with Gasteiger partial charge < -0.3 is 9.64 Å². The average Bonchev–Trinajstić information content (AvgIpc) is 2.86. The molecule has 2 heterocycles. The van der Waals surface area contributed by atoms with Crippen LogP contribution in [-0.2, 0) is 21.1 Å². The third-order valence-electron chi connectivity index (χ3n) is 7.10. The molecule has 0 saturated carbocycles. The fourth-order valence-electron chi connectivity index (χ4n) is 5.03. The fourth-order valence-corrected chi connectivity index (χ4v) is 6.26. The van der Waals surface area contributed by atoms with Gasteiger partial charge >= 0.3 is 0 Å². The standard InChI is InChI=1S/C27H36N2O4S/c1-2-33-25-12-10-22(11-13-25)8-9-23-14-16-29(17-15-23)27(30)26(24-6-4-3-5-7-24)28-18-20-34(31,32)21-19-28/h3-7,10-13,23,26H,2,8-9,14-21H2,1H3. The monoisotopic (exact) mass is 484 g/mol. The Kier molecular flexibility index (Phi) is 8.27. The molecule has 2 aromatic rings. The van der Waals surface area contributed by atoms with Gasteiger partial charge in [0.25, 0.3) is 0 Å². The normalized spacial score (nSPS) is 20.1. The maximum atomic E-state index is 13.7. The maximum absolute atomic E-state index is 13.7. The van der Waals surface area contributed by atoms with Gasteiger partial charge in [-0.2, -0.15) is 0 Å². The van der Waals surface area contributed by atoms with Crippen LogP contribution in [0.4, 0.5) is 0 Å². The summed E-state index contributed by atoms with van der Waals surface area (Å²) in [5.41, 5.74) is 2.27. The van der Waals surface area contributed by atoms with Gasteiger partial charge in [0.2, 0.25) is 5.91 Å². The number of aryl methyl sites for hydroxylation is 1. The van der Waals surface area contributed by atoms with Crippen molar-refractivity contribution in [2.45, 2.75) is 38.6 Å². The molecule has 0 radical (unpaired) electrons. The molecule has 0 bridgehead atoms. The summed E-state index contributed by atoms with van der Waals surface area (Å²) in [6.45, 7) is 5.02. The van der Waals surface area contributed by atoms with Crippen molar-refractivity contribution in [3.8, 4) is 5.75 Å². The third-order valence-corrected chi connectivity index (χ3v) is 8.70. The number of nitrogens with zero attached hydrogens (tertiary/aromatic N) is 2. The number of carbonyl (C=O) groups is 1. The van der Waals surface area contributed by atoms with E-state index in [0.29, 0.717) is 25.6 Å². The van der Waals surface area contributed by atoms with Crippen LogP contribution >= 0.6 is 0 Å². The molecule has 7 heteroatoms. The van der Waals surface area contributed by atoms with Gasteiger partial charge in [-0.25, -0.2) is 8.42 Å². The zero-order valence-electron chi connectivity index (χ0n) is 20.1. The molecule has 2 aromatic carbocycles. The molecule has 2 aliphatic rings. The third kappa shape index (κ3) is 6.39. The Balaban J connectivity index is 1.33. The first-order chi connectivity index (χ1) is 16.4. The van der Waals surface area contributed by atoms with Gasteiger partial charge in [-0.1, -0.05) is 42.5 Å². The van der Waals surface area contributed by atoms with Gasteiger partial charge in [-0.05, 0) is 61.8 Å². The van der Waals surface area contributed by atoms with Gasteiger partial charge in [0.1, 0.15) is 11.8 Å². The van der Waals surface area contributed by atoms with Crippen molar-refractivity contribution in [3.05, 3.63) is 65.7 Å². The topological polar surface area (TPSA) is 66.9 Å². The minimum absolute atomic E-state index is 0.107. The fraction of sp³-hybridized carbons (Fsp3) is 0.519. The molecule has 1 atom stereocenters. The first-order valence-corrected chi connectivity index (χ1v) is 14.3. The molecular formula is C27H36N2O4S. The first kappa shape index (κ1) is 24.7. The number of hydrogen-bond acceptors (Lipinski definition) is 5. The molecule has 0 N–H and O–H groups in total. The second-order valence-electron chi connectivity index (χ2n) is 9.39. The summed E-state index contributed by atoms with van der Waals surface area (Å²) in [6, 6.07) is 17.8. The van der Waals surface area contributed by atoms with E-state index < -0.39 is 15.9 Å². The van der Waals surface area contributed by atoms with Crippen LogP contribution in [-0.4, -0.2) is 68.4 Å². The number of ether oxygens (including phenoxy) is 1. The Morgan fingerprint density at radius 1 is 0.971 bits per heavy atom. The van der Waals surface area contributed by atoms with Gasteiger partial charge in [0, 0.05) is 26.2 Å². The number of sulfone groups is 1. The van der Waals surface area contributed by atoms with Crippen molar-refractivity contribution >= 4 is 15.7 Å². The van der Waals surface area contributed by atoms with Gasteiger partial charge in [-0.3, -0.25) is 9.69 Å². The lowest BCUT2D eigenvalue weighted by Gasteiger charge is -2.39. The molecule has 0 spiro atoms. The number of hydrogen-bond donors (Lipinski definition) is 0. The quantitative estimate of drug-likeness (QED) is 0.571. The SMILES string of the molecule is CCOc1ccc(CCC2CCN(C(=O)C(c3ccccc3)N3CCS(=O)(=O)CC3)CC2)cc1. The molecule has 34 heavy (non-hydrogen) atoms. The molecule has 4 rings (SSSR count). The van der Waals surface area contributed by atoms with Crippen molar-refractivity contribution in [1.82, 2.24) is 9.80 Å². The molecular weight excluding hydrogens is 448 g/mol. The Morgan fingerprint density at radius 3 is 2.24 bits per heavy atom. The lowest BCUT2D eigenvalue weighted by Crippen LogP contribution is -2.50. The predicted octanol–water partition coefficient (Wildman–Crippen LogP) is 3.73. The number of amides is 1. The summed E-state index contributed by atoms with van der Waals surface area (Å²) in [7, 11) is -3.00. The van der Waals surface area contributed by atoms with Gasteiger partial charge in [0.15, 0.2) is 9.84 Å². The number of likely N-dealkylation sites (tertiary alicyclic amines) is 1. The van der Waals surface area contributed by atoms with E-state index in [9.17, 15) is 13.2 Å². The van der Waals surface area contributed by atoms with E-state index >= 15 is 0 Å². The van der Waals surface area contributed by atoms with E-state index in [-0.39, 0.29) is 17.4 Å². The molecule has 0 aromatic heterocycles. The molecule has 1 amide bonds. The summed E-state index contributed by atoms with van der Waals surface area (Å²) in [4.78, 5) is 17.7. The summed E-state index contributed by atoms with van der Waals surface area (Å²) in [5, 5.41) is 0. The predicted molar refractivity (Wildman–Crippen MR) is 135 cm³/mol. The van der Waals surface area contributed by atoms with E-state index in [4.69, 9.17) is 4.74 Å². The Bertz CT molecular complexity index is 1020. The minimum Gasteiger partial charge on any atom is -0.494 e. The van der Waals surface area contributed by atoms with Crippen LogP contribution in [0.1, 0.15) is 43.4 Å². The number of piperidine rings is 1. The van der Waals surface area contributed by atoms with Crippen LogP contribution in [0.5, 0.6) is 5.75 Å². The zero-order chi connectivity index (χ0) is 24.0. The molecule has 2 aliphatic heterocycles.